The molecule has 1 aromatic rings. The molecule has 2 heterocycles. The molecule has 1 atom stereocenters. The summed E-state index contributed by atoms with van der Waals surface area (Å²) in [5.74, 6) is -0.342. The summed E-state index contributed by atoms with van der Waals surface area (Å²) in [6.45, 7) is 7.68. The average Bonchev–Trinajstić information content (AvgIpc) is 2.94. The largest absolute Gasteiger partial charge is 0.461 e. The van der Waals surface area contributed by atoms with Gasteiger partial charge in [-0.3, -0.25) is 0 Å². The quantitative estimate of drug-likeness (QED) is 0.620. The van der Waals surface area contributed by atoms with Crippen molar-refractivity contribution in [2.45, 2.75) is 45.6 Å². The van der Waals surface area contributed by atoms with Crippen LogP contribution in [0.2, 0.25) is 0 Å². The monoisotopic (exact) mass is 311 g/mol. The number of esters is 1. The number of carbonyl (C=O) groups excluding carboxylic acids is 1. The fraction of sp³-hybridized carbons (Fsp3) is 0.733. The van der Waals surface area contributed by atoms with Crippen LogP contribution in [0.5, 0.6) is 0 Å². The third kappa shape index (κ3) is 4.68. The van der Waals surface area contributed by atoms with Crippen molar-refractivity contribution in [2.75, 3.05) is 31.6 Å². The summed E-state index contributed by atoms with van der Waals surface area (Å²) in [7, 11) is 0. The number of hydrogen-bond acceptors (Lipinski definition) is 6. The van der Waals surface area contributed by atoms with Gasteiger partial charge in [0.15, 0.2) is 5.69 Å². The molecule has 1 N–H and O–H groups in total. The van der Waals surface area contributed by atoms with Crippen molar-refractivity contribution in [3.05, 3.63) is 11.2 Å². The Bertz CT molecular complexity index is 450. The van der Waals surface area contributed by atoms with Crippen LogP contribution in [0.1, 0.15) is 50.0 Å². The molecule has 1 fully saturated rings. The highest BCUT2D eigenvalue weighted by atomic mass is 32.1. The van der Waals surface area contributed by atoms with Crippen molar-refractivity contribution >= 4 is 22.3 Å². The van der Waals surface area contributed by atoms with Crippen LogP contribution >= 0.6 is 11.3 Å². The van der Waals surface area contributed by atoms with Crippen molar-refractivity contribution < 1.29 is 9.53 Å². The highest BCUT2D eigenvalue weighted by Crippen LogP contribution is 2.21. The number of anilines is 1. The third-order valence-corrected chi connectivity index (χ3v) is 4.67. The molecule has 2 rings (SSSR count). The predicted octanol–water partition coefficient (Wildman–Crippen LogP) is 3.00. The molecule has 1 aliphatic heterocycles. The predicted molar refractivity (Wildman–Crippen MR) is 86.1 cm³/mol. The zero-order valence-electron chi connectivity index (χ0n) is 12.9. The number of piperidine rings is 1. The van der Waals surface area contributed by atoms with Crippen molar-refractivity contribution in [2.24, 2.45) is 0 Å². The van der Waals surface area contributed by atoms with Gasteiger partial charge < -0.3 is 15.0 Å². The molecule has 1 unspecified atom stereocenters. The van der Waals surface area contributed by atoms with Gasteiger partial charge in [-0.05, 0) is 39.7 Å². The van der Waals surface area contributed by atoms with Gasteiger partial charge in [0, 0.05) is 19.1 Å². The Kier molecular flexibility index (Phi) is 6.45. The molecule has 0 spiro atoms. The lowest BCUT2D eigenvalue weighted by Gasteiger charge is -2.33. The summed E-state index contributed by atoms with van der Waals surface area (Å²) >= 11 is 1.45. The second kappa shape index (κ2) is 8.34. The van der Waals surface area contributed by atoms with Crippen LogP contribution in [-0.2, 0) is 4.74 Å². The smallest absolute Gasteiger partial charge is 0.360 e. The molecule has 1 aromatic heterocycles. The van der Waals surface area contributed by atoms with Gasteiger partial charge in [-0.1, -0.05) is 6.42 Å². The van der Waals surface area contributed by atoms with E-state index >= 15 is 0 Å². The molecule has 0 radical (unpaired) electrons. The summed E-state index contributed by atoms with van der Waals surface area (Å²) in [4.78, 5) is 18.4. The van der Waals surface area contributed by atoms with Gasteiger partial charge in [-0.25, -0.2) is 9.78 Å². The zero-order valence-corrected chi connectivity index (χ0v) is 13.7. The molecule has 0 amide bonds. The highest BCUT2D eigenvalue weighted by molar-refractivity contribution is 7.14. The van der Waals surface area contributed by atoms with E-state index in [-0.39, 0.29) is 5.97 Å². The Balaban J connectivity index is 1.73. The molecule has 118 valence electrons. The molecule has 0 bridgehead atoms. The first-order chi connectivity index (χ1) is 10.2. The summed E-state index contributed by atoms with van der Waals surface area (Å²) in [6.07, 6.45) is 5.07. The maximum absolute atomic E-state index is 11.7. The van der Waals surface area contributed by atoms with E-state index in [1.165, 1.54) is 37.1 Å². The van der Waals surface area contributed by atoms with E-state index in [0.29, 0.717) is 18.3 Å². The Hall–Kier alpha value is -1.14. The number of likely N-dealkylation sites (tertiary alicyclic amines) is 1. The first-order valence-corrected chi connectivity index (χ1v) is 8.69. The van der Waals surface area contributed by atoms with Gasteiger partial charge in [-0.2, -0.15) is 0 Å². The number of rotatable bonds is 7. The van der Waals surface area contributed by atoms with Crippen LogP contribution in [0.15, 0.2) is 5.51 Å². The Morgan fingerprint density at radius 3 is 3.19 bits per heavy atom. The van der Waals surface area contributed by atoms with Crippen molar-refractivity contribution in [3.63, 3.8) is 0 Å². The lowest BCUT2D eigenvalue weighted by Crippen LogP contribution is -2.38. The number of nitrogens with zero attached hydrogens (tertiary/aromatic N) is 2. The van der Waals surface area contributed by atoms with Gasteiger partial charge in [0.1, 0.15) is 5.00 Å². The van der Waals surface area contributed by atoms with Crippen molar-refractivity contribution in [3.8, 4) is 0 Å². The minimum absolute atomic E-state index is 0.342. The van der Waals surface area contributed by atoms with E-state index in [2.05, 4.69) is 22.1 Å². The number of thiazole rings is 1. The van der Waals surface area contributed by atoms with Gasteiger partial charge in [0.25, 0.3) is 0 Å². The summed E-state index contributed by atoms with van der Waals surface area (Å²) in [5.41, 5.74) is 2.09. The lowest BCUT2D eigenvalue weighted by molar-refractivity contribution is 0.0521. The molecule has 0 saturated carbocycles. The van der Waals surface area contributed by atoms with Crippen LogP contribution in [-0.4, -0.2) is 48.1 Å². The number of aromatic nitrogens is 1. The molecule has 5 nitrogen and oxygen atoms in total. The van der Waals surface area contributed by atoms with Gasteiger partial charge in [0.2, 0.25) is 0 Å². The first kappa shape index (κ1) is 16.2. The Morgan fingerprint density at radius 1 is 1.57 bits per heavy atom. The molecular weight excluding hydrogens is 286 g/mol. The Morgan fingerprint density at radius 2 is 2.43 bits per heavy atom. The van der Waals surface area contributed by atoms with E-state index in [1.54, 1.807) is 12.4 Å². The minimum atomic E-state index is -0.342. The van der Waals surface area contributed by atoms with Gasteiger partial charge in [0.05, 0.1) is 12.1 Å². The average molecular weight is 311 g/mol. The topological polar surface area (TPSA) is 54.5 Å². The second-order valence-corrected chi connectivity index (χ2v) is 6.27. The number of hydrogen-bond donors (Lipinski definition) is 1. The molecular formula is C15H25N3O2S. The van der Waals surface area contributed by atoms with Gasteiger partial charge in [-0.15, -0.1) is 11.3 Å². The summed E-state index contributed by atoms with van der Waals surface area (Å²) in [6, 6.07) is 0.706. The lowest BCUT2D eigenvalue weighted by atomic mass is 10.0. The molecule has 1 saturated heterocycles. The molecule has 1 aliphatic rings. The minimum Gasteiger partial charge on any atom is -0.461 e. The summed E-state index contributed by atoms with van der Waals surface area (Å²) < 4.78 is 5.00. The van der Waals surface area contributed by atoms with E-state index in [4.69, 9.17) is 4.74 Å². The normalized spacial score (nSPS) is 19.4. The van der Waals surface area contributed by atoms with Gasteiger partial charge >= 0.3 is 5.97 Å². The highest BCUT2D eigenvalue weighted by Gasteiger charge is 2.18. The maximum atomic E-state index is 11.7. The second-order valence-electron chi connectivity index (χ2n) is 5.41. The van der Waals surface area contributed by atoms with Crippen molar-refractivity contribution in [1.29, 1.82) is 0 Å². The number of nitrogens with one attached hydrogen (secondary N) is 1. The van der Waals surface area contributed by atoms with Crippen LogP contribution in [0.3, 0.4) is 0 Å². The van der Waals surface area contributed by atoms with E-state index in [1.807, 2.05) is 0 Å². The molecule has 6 heteroatoms. The zero-order chi connectivity index (χ0) is 15.1. The fourth-order valence-corrected chi connectivity index (χ4v) is 3.39. The fourth-order valence-electron chi connectivity index (χ4n) is 2.69. The van der Waals surface area contributed by atoms with Crippen LogP contribution in [0.4, 0.5) is 5.00 Å². The van der Waals surface area contributed by atoms with Crippen LogP contribution < -0.4 is 5.32 Å². The van der Waals surface area contributed by atoms with E-state index in [9.17, 15) is 4.79 Å². The number of ether oxygens (including phenoxy) is 1. The standard InChI is InChI=1S/C15H25N3O2S/c1-3-20-15(19)13-14(21-11-17-13)16-8-6-10-18-9-5-4-7-12(18)2/h11-12,16H,3-10H2,1-2H3. The summed E-state index contributed by atoms with van der Waals surface area (Å²) in [5, 5.41) is 4.14. The van der Waals surface area contributed by atoms with Crippen LogP contribution in [0, 0.1) is 0 Å². The SMILES string of the molecule is CCOC(=O)c1ncsc1NCCCN1CCCCC1C. The van der Waals surface area contributed by atoms with Crippen LogP contribution in [0.25, 0.3) is 0 Å². The Labute approximate surface area is 130 Å². The third-order valence-electron chi connectivity index (χ3n) is 3.88. The molecule has 21 heavy (non-hydrogen) atoms. The maximum Gasteiger partial charge on any atom is 0.360 e. The van der Waals surface area contributed by atoms with E-state index < -0.39 is 0 Å². The van der Waals surface area contributed by atoms with E-state index in [0.717, 1.165) is 24.5 Å². The molecule has 0 aliphatic carbocycles. The number of carbonyl (C=O) groups is 1. The van der Waals surface area contributed by atoms with Crippen molar-refractivity contribution in [1.82, 2.24) is 9.88 Å². The molecule has 0 aromatic carbocycles. The first-order valence-electron chi connectivity index (χ1n) is 7.81.